The smallest absolute Gasteiger partial charge is 0.171 e. The van der Waals surface area contributed by atoms with E-state index >= 15 is 0 Å². The molecule has 19 heavy (non-hydrogen) atoms. The standard InChI is InChI=1S/C13H17N5O/c1-3-10-7-11(4-2)18(16-10)12-6-5-9(8-15-12)13(14)17-19/h5-8,19H,3-4H2,1-2H3,(H2,14,17). The van der Waals surface area contributed by atoms with E-state index in [4.69, 9.17) is 10.9 Å². The van der Waals surface area contributed by atoms with Gasteiger partial charge in [-0.25, -0.2) is 9.67 Å². The van der Waals surface area contributed by atoms with Crippen LogP contribution in [0.2, 0.25) is 0 Å². The Morgan fingerprint density at radius 2 is 2.16 bits per heavy atom. The Labute approximate surface area is 111 Å². The van der Waals surface area contributed by atoms with Crippen molar-refractivity contribution in [3.63, 3.8) is 0 Å². The van der Waals surface area contributed by atoms with Crippen molar-refractivity contribution in [3.05, 3.63) is 41.3 Å². The van der Waals surface area contributed by atoms with Crippen molar-refractivity contribution in [2.75, 3.05) is 0 Å². The summed E-state index contributed by atoms with van der Waals surface area (Å²) >= 11 is 0. The Hall–Kier alpha value is -2.37. The van der Waals surface area contributed by atoms with E-state index in [1.165, 1.54) is 0 Å². The van der Waals surface area contributed by atoms with Crippen LogP contribution in [0.1, 0.15) is 30.8 Å². The molecule has 6 heteroatoms. The van der Waals surface area contributed by atoms with Gasteiger partial charge in [0.1, 0.15) is 0 Å². The highest BCUT2D eigenvalue weighted by molar-refractivity contribution is 5.96. The van der Waals surface area contributed by atoms with Gasteiger partial charge in [0.05, 0.1) is 5.69 Å². The fraction of sp³-hybridized carbons (Fsp3) is 0.308. The lowest BCUT2D eigenvalue weighted by atomic mass is 10.2. The lowest BCUT2D eigenvalue weighted by Crippen LogP contribution is -2.14. The van der Waals surface area contributed by atoms with Gasteiger partial charge in [-0.05, 0) is 31.0 Å². The van der Waals surface area contributed by atoms with E-state index in [0.717, 1.165) is 30.0 Å². The van der Waals surface area contributed by atoms with Gasteiger partial charge in [0.25, 0.3) is 0 Å². The summed E-state index contributed by atoms with van der Waals surface area (Å²) in [6, 6.07) is 5.64. The number of nitrogens with two attached hydrogens (primary N) is 1. The maximum atomic E-state index is 8.61. The Morgan fingerprint density at radius 3 is 2.68 bits per heavy atom. The molecule has 0 aliphatic carbocycles. The third-order valence-corrected chi connectivity index (χ3v) is 2.93. The molecule has 0 aliphatic rings. The molecule has 2 aromatic rings. The molecule has 2 heterocycles. The maximum absolute atomic E-state index is 8.61. The zero-order chi connectivity index (χ0) is 13.8. The largest absolute Gasteiger partial charge is 0.409 e. The van der Waals surface area contributed by atoms with E-state index in [1.807, 2.05) is 4.68 Å². The molecule has 0 atom stereocenters. The summed E-state index contributed by atoms with van der Waals surface area (Å²) in [4.78, 5) is 4.30. The molecule has 2 rings (SSSR count). The highest BCUT2D eigenvalue weighted by Crippen LogP contribution is 2.12. The first-order valence-electron chi connectivity index (χ1n) is 6.21. The average Bonchev–Trinajstić information content (AvgIpc) is 2.90. The second-order valence-corrected chi connectivity index (χ2v) is 4.14. The number of hydrogen-bond donors (Lipinski definition) is 2. The quantitative estimate of drug-likeness (QED) is 0.377. The van der Waals surface area contributed by atoms with Gasteiger partial charge in [-0.3, -0.25) is 0 Å². The van der Waals surface area contributed by atoms with Gasteiger partial charge in [-0.1, -0.05) is 19.0 Å². The van der Waals surface area contributed by atoms with Crippen LogP contribution in [0.3, 0.4) is 0 Å². The first-order valence-corrected chi connectivity index (χ1v) is 6.21. The number of pyridine rings is 1. The van der Waals surface area contributed by atoms with Crippen molar-refractivity contribution in [1.82, 2.24) is 14.8 Å². The number of aryl methyl sites for hydroxylation is 2. The Morgan fingerprint density at radius 1 is 1.37 bits per heavy atom. The normalized spacial score (nSPS) is 11.8. The maximum Gasteiger partial charge on any atom is 0.171 e. The second kappa shape index (κ2) is 5.51. The van der Waals surface area contributed by atoms with E-state index in [9.17, 15) is 0 Å². The van der Waals surface area contributed by atoms with Crippen LogP contribution in [0.5, 0.6) is 0 Å². The predicted octanol–water partition coefficient (Wildman–Crippen LogP) is 1.49. The van der Waals surface area contributed by atoms with Gasteiger partial charge < -0.3 is 10.9 Å². The highest BCUT2D eigenvalue weighted by Gasteiger charge is 2.09. The molecule has 0 fully saturated rings. The Balaban J connectivity index is 2.39. The summed E-state index contributed by atoms with van der Waals surface area (Å²) in [6.07, 6.45) is 3.34. The van der Waals surface area contributed by atoms with Crippen molar-refractivity contribution in [3.8, 4) is 5.82 Å². The van der Waals surface area contributed by atoms with Crippen LogP contribution in [0.4, 0.5) is 0 Å². The molecule has 2 aromatic heterocycles. The van der Waals surface area contributed by atoms with Crippen LogP contribution in [0.15, 0.2) is 29.6 Å². The third-order valence-electron chi connectivity index (χ3n) is 2.93. The summed E-state index contributed by atoms with van der Waals surface area (Å²) in [5.41, 5.74) is 8.23. The van der Waals surface area contributed by atoms with E-state index < -0.39 is 0 Å². The molecule has 0 saturated carbocycles. The summed E-state index contributed by atoms with van der Waals surface area (Å²) in [7, 11) is 0. The fourth-order valence-corrected chi connectivity index (χ4v) is 1.82. The average molecular weight is 259 g/mol. The van der Waals surface area contributed by atoms with Crippen LogP contribution >= 0.6 is 0 Å². The zero-order valence-electron chi connectivity index (χ0n) is 11.0. The molecular weight excluding hydrogens is 242 g/mol. The molecule has 6 nitrogen and oxygen atoms in total. The molecule has 3 N–H and O–H groups in total. The molecule has 0 bridgehead atoms. The summed E-state index contributed by atoms with van der Waals surface area (Å²) in [5, 5.41) is 16.1. The lowest BCUT2D eigenvalue weighted by Gasteiger charge is -2.05. The molecule has 0 unspecified atom stereocenters. The highest BCUT2D eigenvalue weighted by atomic mass is 16.4. The number of hydrogen-bond acceptors (Lipinski definition) is 4. The number of rotatable bonds is 4. The van der Waals surface area contributed by atoms with E-state index in [2.05, 4.69) is 35.2 Å². The third kappa shape index (κ3) is 2.57. The van der Waals surface area contributed by atoms with Crippen LogP contribution in [-0.4, -0.2) is 25.8 Å². The topological polar surface area (TPSA) is 89.3 Å². The van der Waals surface area contributed by atoms with Crippen LogP contribution < -0.4 is 5.73 Å². The molecule has 0 radical (unpaired) electrons. The monoisotopic (exact) mass is 259 g/mol. The number of nitrogens with zero attached hydrogens (tertiary/aromatic N) is 4. The minimum Gasteiger partial charge on any atom is -0.409 e. The van der Waals surface area contributed by atoms with Gasteiger partial charge in [0, 0.05) is 17.5 Å². The van der Waals surface area contributed by atoms with Crippen molar-refractivity contribution in [1.29, 1.82) is 0 Å². The molecule has 0 spiro atoms. The summed E-state index contributed by atoms with van der Waals surface area (Å²) in [5.74, 6) is 0.774. The minimum absolute atomic E-state index is 0.0458. The van der Waals surface area contributed by atoms with Crippen molar-refractivity contribution in [2.45, 2.75) is 26.7 Å². The van der Waals surface area contributed by atoms with Gasteiger partial charge in [-0.15, -0.1) is 0 Å². The molecule has 100 valence electrons. The molecule has 0 amide bonds. The van der Waals surface area contributed by atoms with Crippen LogP contribution in [0, 0.1) is 0 Å². The Kier molecular flexibility index (Phi) is 3.79. The first-order chi connectivity index (χ1) is 9.19. The number of oxime groups is 1. The van der Waals surface area contributed by atoms with Crippen LogP contribution in [0.25, 0.3) is 5.82 Å². The second-order valence-electron chi connectivity index (χ2n) is 4.14. The van der Waals surface area contributed by atoms with Crippen molar-refractivity contribution < 1.29 is 5.21 Å². The minimum atomic E-state index is 0.0458. The van der Waals surface area contributed by atoms with Gasteiger partial charge >= 0.3 is 0 Å². The number of aromatic nitrogens is 3. The summed E-state index contributed by atoms with van der Waals surface area (Å²) < 4.78 is 1.83. The number of amidine groups is 1. The van der Waals surface area contributed by atoms with Gasteiger partial charge in [0.2, 0.25) is 0 Å². The van der Waals surface area contributed by atoms with E-state index in [1.54, 1.807) is 18.3 Å². The molecule has 0 saturated heterocycles. The molecule has 0 aliphatic heterocycles. The summed E-state index contributed by atoms with van der Waals surface area (Å²) in [6.45, 7) is 4.15. The lowest BCUT2D eigenvalue weighted by molar-refractivity contribution is 0.318. The SMILES string of the molecule is CCc1cc(CC)n(-c2ccc(/C(N)=N/O)cn2)n1. The van der Waals surface area contributed by atoms with Gasteiger partial charge in [-0.2, -0.15) is 5.10 Å². The van der Waals surface area contributed by atoms with E-state index in [-0.39, 0.29) is 5.84 Å². The fourth-order valence-electron chi connectivity index (χ4n) is 1.82. The first kappa shape index (κ1) is 13.1. The van der Waals surface area contributed by atoms with Crippen LogP contribution in [-0.2, 0) is 12.8 Å². The zero-order valence-corrected chi connectivity index (χ0v) is 11.0. The predicted molar refractivity (Wildman–Crippen MR) is 72.6 cm³/mol. The van der Waals surface area contributed by atoms with Crippen molar-refractivity contribution in [2.24, 2.45) is 10.9 Å². The molecule has 0 aromatic carbocycles. The Bertz CT molecular complexity index is 586. The molecular formula is C13H17N5O. The van der Waals surface area contributed by atoms with Crippen molar-refractivity contribution >= 4 is 5.84 Å². The van der Waals surface area contributed by atoms with Gasteiger partial charge in [0.15, 0.2) is 11.7 Å². The van der Waals surface area contributed by atoms with E-state index in [0.29, 0.717) is 5.56 Å².